The van der Waals surface area contributed by atoms with Crippen LogP contribution in [-0.2, 0) is 16.6 Å². The van der Waals surface area contributed by atoms with Crippen LogP contribution >= 0.6 is 11.6 Å². The monoisotopic (exact) mass is 387 g/mol. The van der Waals surface area contributed by atoms with Gasteiger partial charge in [0.2, 0.25) is 0 Å². The Morgan fingerprint density at radius 1 is 0.885 bits per heavy atom. The van der Waals surface area contributed by atoms with Crippen molar-refractivity contribution in [1.82, 2.24) is 0 Å². The molecule has 0 amide bonds. The molecular weight excluding hydrogens is 370 g/mol. The lowest BCUT2D eigenvalue weighted by molar-refractivity contribution is 0.410. The minimum Gasteiger partial charge on any atom is -0.496 e. The van der Waals surface area contributed by atoms with Gasteiger partial charge in [0, 0.05) is 10.6 Å². The zero-order valence-corrected chi connectivity index (χ0v) is 15.7. The fourth-order valence-electron chi connectivity index (χ4n) is 2.63. The Bertz CT molecular complexity index is 973. The van der Waals surface area contributed by atoms with Crippen molar-refractivity contribution in [1.29, 1.82) is 0 Å². The number of hydrogen-bond acceptors (Lipinski definition) is 3. The van der Waals surface area contributed by atoms with Crippen LogP contribution in [0.3, 0.4) is 0 Å². The SMILES string of the molecule is COc1ccccc1CN(c1ccc(Cl)cc1)S(=O)(=O)c1ccccc1. The molecular formula is C20H18ClNO3S. The van der Waals surface area contributed by atoms with Gasteiger partial charge < -0.3 is 4.74 Å². The Hall–Kier alpha value is -2.50. The molecule has 3 aromatic carbocycles. The predicted octanol–water partition coefficient (Wildman–Crippen LogP) is 4.74. The van der Waals surface area contributed by atoms with E-state index >= 15 is 0 Å². The highest BCUT2D eigenvalue weighted by Crippen LogP contribution is 2.29. The summed E-state index contributed by atoms with van der Waals surface area (Å²) in [4.78, 5) is 0.227. The highest BCUT2D eigenvalue weighted by Gasteiger charge is 2.26. The fourth-order valence-corrected chi connectivity index (χ4v) is 4.22. The zero-order chi connectivity index (χ0) is 18.6. The molecule has 0 spiro atoms. The first-order chi connectivity index (χ1) is 12.5. The molecule has 0 aliphatic carbocycles. The molecule has 3 aromatic rings. The van der Waals surface area contributed by atoms with Gasteiger partial charge in [-0.3, -0.25) is 4.31 Å². The standard InChI is InChI=1S/C20H18ClNO3S/c1-25-20-10-6-5-7-16(20)15-22(18-13-11-17(21)12-14-18)26(23,24)19-8-3-2-4-9-19/h2-14H,15H2,1H3. The number of anilines is 1. The molecule has 0 aliphatic rings. The van der Waals surface area contributed by atoms with Crippen LogP contribution in [0.25, 0.3) is 0 Å². The Labute approximate surface area is 158 Å². The third-order valence-electron chi connectivity index (χ3n) is 3.95. The van der Waals surface area contributed by atoms with E-state index in [2.05, 4.69) is 0 Å². The van der Waals surface area contributed by atoms with Gasteiger partial charge in [0.15, 0.2) is 0 Å². The van der Waals surface area contributed by atoms with Gasteiger partial charge in [0.05, 0.1) is 24.2 Å². The van der Waals surface area contributed by atoms with Crippen molar-refractivity contribution in [3.05, 3.63) is 89.4 Å². The van der Waals surface area contributed by atoms with E-state index in [1.807, 2.05) is 24.3 Å². The highest BCUT2D eigenvalue weighted by molar-refractivity contribution is 7.92. The Morgan fingerprint density at radius 2 is 1.50 bits per heavy atom. The summed E-state index contributed by atoms with van der Waals surface area (Å²) >= 11 is 5.97. The van der Waals surface area contributed by atoms with Crippen molar-refractivity contribution in [2.24, 2.45) is 0 Å². The van der Waals surface area contributed by atoms with E-state index in [9.17, 15) is 8.42 Å². The van der Waals surface area contributed by atoms with Crippen LogP contribution < -0.4 is 9.04 Å². The summed E-state index contributed by atoms with van der Waals surface area (Å²) in [6.45, 7) is 0.142. The van der Waals surface area contributed by atoms with Gasteiger partial charge in [0.25, 0.3) is 10.0 Å². The van der Waals surface area contributed by atoms with Crippen LogP contribution in [0.2, 0.25) is 5.02 Å². The number of methoxy groups -OCH3 is 1. The molecule has 3 rings (SSSR count). The van der Waals surface area contributed by atoms with Gasteiger partial charge in [-0.2, -0.15) is 0 Å². The molecule has 0 heterocycles. The van der Waals surface area contributed by atoms with Crippen LogP contribution in [-0.4, -0.2) is 15.5 Å². The summed E-state index contributed by atoms with van der Waals surface area (Å²) in [5.74, 6) is 0.634. The minimum atomic E-state index is -3.76. The Morgan fingerprint density at radius 3 is 2.15 bits per heavy atom. The van der Waals surface area contributed by atoms with Gasteiger partial charge in [-0.1, -0.05) is 48.0 Å². The normalized spacial score (nSPS) is 11.2. The van der Waals surface area contributed by atoms with Crippen molar-refractivity contribution in [2.75, 3.05) is 11.4 Å². The topological polar surface area (TPSA) is 46.6 Å². The number of nitrogens with zero attached hydrogens (tertiary/aromatic N) is 1. The molecule has 0 aromatic heterocycles. The van der Waals surface area contributed by atoms with E-state index in [0.29, 0.717) is 16.5 Å². The van der Waals surface area contributed by atoms with Crippen LogP contribution in [0.1, 0.15) is 5.56 Å². The second-order valence-corrected chi connectivity index (χ2v) is 7.91. The van der Waals surface area contributed by atoms with Gasteiger partial charge in [-0.15, -0.1) is 0 Å². The summed E-state index contributed by atoms with van der Waals surface area (Å²) in [7, 11) is -2.19. The number of ether oxygens (including phenoxy) is 1. The fraction of sp³-hybridized carbons (Fsp3) is 0.100. The summed E-state index contributed by atoms with van der Waals surface area (Å²) in [6, 6.07) is 22.5. The average molecular weight is 388 g/mol. The predicted molar refractivity (Wildman–Crippen MR) is 104 cm³/mol. The van der Waals surface area contributed by atoms with Crippen LogP contribution in [0.5, 0.6) is 5.75 Å². The molecule has 134 valence electrons. The molecule has 0 N–H and O–H groups in total. The van der Waals surface area contributed by atoms with Crippen LogP contribution in [0.4, 0.5) is 5.69 Å². The molecule has 6 heteroatoms. The quantitative estimate of drug-likeness (QED) is 0.613. The van der Waals surface area contributed by atoms with Crippen molar-refractivity contribution in [2.45, 2.75) is 11.4 Å². The minimum absolute atomic E-state index is 0.142. The van der Waals surface area contributed by atoms with Gasteiger partial charge in [0.1, 0.15) is 5.75 Å². The number of benzene rings is 3. The van der Waals surface area contributed by atoms with Crippen LogP contribution in [0, 0.1) is 0 Å². The molecule has 0 saturated heterocycles. The zero-order valence-electron chi connectivity index (χ0n) is 14.2. The molecule has 26 heavy (non-hydrogen) atoms. The third kappa shape index (κ3) is 3.84. The van der Waals surface area contributed by atoms with E-state index in [0.717, 1.165) is 5.56 Å². The molecule has 4 nitrogen and oxygen atoms in total. The maximum Gasteiger partial charge on any atom is 0.264 e. The molecule has 0 atom stereocenters. The summed E-state index contributed by atoms with van der Waals surface area (Å²) in [6.07, 6.45) is 0. The van der Waals surface area contributed by atoms with Gasteiger partial charge in [-0.05, 0) is 42.5 Å². The third-order valence-corrected chi connectivity index (χ3v) is 5.99. The lowest BCUT2D eigenvalue weighted by atomic mass is 10.2. The molecule has 0 radical (unpaired) electrons. The Balaban J connectivity index is 2.09. The maximum absolute atomic E-state index is 13.3. The summed E-state index contributed by atoms with van der Waals surface area (Å²) < 4.78 is 33.3. The van der Waals surface area contributed by atoms with E-state index in [1.165, 1.54) is 4.31 Å². The number of rotatable bonds is 6. The largest absolute Gasteiger partial charge is 0.496 e. The van der Waals surface area contributed by atoms with E-state index in [1.54, 1.807) is 61.7 Å². The molecule has 0 unspecified atom stereocenters. The van der Waals surface area contributed by atoms with E-state index in [4.69, 9.17) is 16.3 Å². The number of hydrogen-bond donors (Lipinski definition) is 0. The first-order valence-electron chi connectivity index (χ1n) is 7.97. The second kappa shape index (κ2) is 7.81. The summed E-state index contributed by atoms with van der Waals surface area (Å²) in [5.41, 5.74) is 1.30. The Kier molecular flexibility index (Phi) is 5.49. The van der Waals surface area contributed by atoms with Gasteiger partial charge >= 0.3 is 0 Å². The molecule has 0 fully saturated rings. The van der Waals surface area contributed by atoms with Crippen molar-refractivity contribution in [3.8, 4) is 5.75 Å². The second-order valence-electron chi connectivity index (χ2n) is 5.61. The summed E-state index contributed by atoms with van der Waals surface area (Å²) in [5, 5.41) is 0.545. The van der Waals surface area contributed by atoms with Crippen molar-refractivity contribution >= 4 is 27.3 Å². The van der Waals surface area contributed by atoms with E-state index < -0.39 is 10.0 Å². The van der Waals surface area contributed by atoms with Crippen LogP contribution in [0.15, 0.2) is 83.8 Å². The number of sulfonamides is 1. The smallest absolute Gasteiger partial charge is 0.264 e. The number of para-hydroxylation sites is 1. The highest BCUT2D eigenvalue weighted by atomic mass is 35.5. The lowest BCUT2D eigenvalue weighted by Gasteiger charge is -2.25. The van der Waals surface area contributed by atoms with Gasteiger partial charge in [-0.25, -0.2) is 8.42 Å². The molecule has 0 bridgehead atoms. The maximum atomic E-state index is 13.3. The number of halogens is 1. The molecule has 0 saturated carbocycles. The lowest BCUT2D eigenvalue weighted by Crippen LogP contribution is -2.30. The first kappa shape index (κ1) is 18.3. The van der Waals surface area contributed by atoms with E-state index in [-0.39, 0.29) is 11.4 Å². The van der Waals surface area contributed by atoms with Crippen molar-refractivity contribution in [3.63, 3.8) is 0 Å². The first-order valence-corrected chi connectivity index (χ1v) is 9.79. The average Bonchev–Trinajstić information content (AvgIpc) is 2.68. The van der Waals surface area contributed by atoms with Crippen molar-refractivity contribution < 1.29 is 13.2 Å². The molecule has 0 aliphatic heterocycles.